The quantitative estimate of drug-likeness (QED) is 0.467. The standard InChI is InChI=1S/C17H21N3O3S/c1-12(13-6-4-3-5-7-13)19-11-14(10-18)16(21)20-15(17(22)23)8-9-24-2/h3-7,11-12,15,19H,8-9H2,1-2H3,(H,20,21)(H,22,23)/b14-11-. The lowest BCUT2D eigenvalue weighted by molar-refractivity contribution is -0.141. The molecule has 7 heteroatoms. The molecule has 6 nitrogen and oxygen atoms in total. The molecule has 1 aromatic carbocycles. The number of hydrogen-bond donors (Lipinski definition) is 3. The van der Waals surface area contributed by atoms with Gasteiger partial charge < -0.3 is 15.7 Å². The molecule has 2 atom stereocenters. The molecule has 0 aliphatic carbocycles. The van der Waals surface area contributed by atoms with Crippen LogP contribution >= 0.6 is 11.8 Å². The third-order valence-corrected chi connectivity index (χ3v) is 4.00. The van der Waals surface area contributed by atoms with E-state index in [2.05, 4.69) is 10.6 Å². The molecule has 1 amide bonds. The lowest BCUT2D eigenvalue weighted by Crippen LogP contribution is -2.42. The molecule has 0 aliphatic rings. The maximum absolute atomic E-state index is 12.1. The lowest BCUT2D eigenvalue weighted by Gasteiger charge is -2.15. The van der Waals surface area contributed by atoms with E-state index in [0.29, 0.717) is 12.2 Å². The summed E-state index contributed by atoms with van der Waals surface area (Å²) in [6.07, 6.45) is 3.48. The molecule has 0 fully saturated rings. The minimum absolute atomic E-state index is 0.0888. The van der Waals surface area contributed by atoms with E-state index < -0.39 is 17.9 Å². The van der Waals surface area contributed by atoms with E-state index in [1.54, 1.807) is 6.07 Å². The van der Waals surface area contributed by atoms with Gasteiger partial charge in [-0.3, -0.25) is 4.79 Å². The number of aliphatic carboxylic acids is 1. The van der Waals surface area contributed by atoms with E-state index >= 15 is 0 Å². The molecule has 1 rings (SSSR count). The van der Waals surface area contributed by atoms with E-state index in [0.717, 1.165) is 5.56 Å². The third kappa shape index (κ3) is 6.34. The molecule has 128 valence electrons. The van der Waals surface area contributed by atoms with Gasteiger partial charge in [-0.2, -0.15) is 17.0 Å². The fourth-order valence-corrected chi connectivity index (χ4v) is 2.40. The normalized spacial score (nSPS) is 13.5. The van der Waals surface area contributed by atoms with Crippen molar-refractivity contribution in [2.45, 2.75) is 25.4 Å². The topological polar surface area (TPSA) is 102 Å². The number of carboxylic acid groups (broad SMARTS) is 1. The predicted octanol–water partition coefficient (Wildman–Crippen LogP) is 2.07. The zero-order valence-corrected chi connectivity index (χ0v) is 14.5. The zero-order valence-electron chi connectivity index (χ0n) is 13.7. The second-order valence-electron chi connectivity index (χ2n) is 5.11. The van der Waals surface area contributed by atoms with Crippen LogP contribution in [0, 0.1) is 11.3 Å². The predicted molar refractivity (Wildman–Crippen MR) is 94.3 cm³/mol. The molecule has 0 heterocycles. The fourth-order valence-electron chi connectivity index (χ4n) is 1.92. The van der Waals surface area contributed by atoms with E-state index in [1.165, 1.54) is 18.0 Å². The molecule has 0 spiro atoms. The van der Waals surface area contributed by atoms with Crippen molar-refractivity contribution in [3.63, 3.8) is 0 Å². The summed E-state index contributed by atoms with van der Waals surface area (Å²) in [5.41, 5.74) is 0.850. The van der Waals surface area contributed by atoms with Crippen LogP contribution in [0.1, 0.15) is 24.9 Å². The summed E-state index contributed by atoms with van der Waals surface area (Å²) in [4.78, 5) is 23.3. The van der Waals surface area contributed by atoms with Crippen molar-refractivity contribution < 1.29 is 14.7 Å². The summed E-state index contributed by atoms with van der Waals surface area (Å²) < 4.78 is 0. The van der Waals surface area contributed by atoms with Gasteiger partial charge in [-0.05, 0) is 30.9 Å². The van der Waals surface area contributed by atoms with Crippen LogP contribution in [0.3, 0.4) is 0 Å². The van der Waals surface area contributed by atoms with Gasteiger partial charge in [0.2, 0.25) is 0 Å². The van der Waals surface area contributed by atoms with Crippen molar-refractivity contribution in [2.75, 3.05) is 12.0 Å². The smallest absolute Gasteiger partial charge is 0.326 e. The average Bonchev–Trinajstić information content (AvgIpc) is 2.59. The number of thioether (sulfide) groups is 1. The molecular weight excluding hydrogens is 326 g/mol. The number of carbonyl (C=O) groups is 2. The molecule has 1 aromatic rings. The van der Waals surface area contributed by atoms with Gasteiger partial charge in [-0.25, -0.2) is 4.79 Å². The fraction of sp³-hybridized carbons (Fsp3) is 0.353. The largest absolute Gasteiger partial charge is 0.480 e. The number of amides is 1. The molecule has 0 saturated heterocycles. The molecule has 0 aliphatic heterocycles. The maximum Gasteiger partial charge on any atom is 0.326 e. The number of nitrogens with zero attached hydrogens (tertiary/aromatic N) is 1. The van der Waals surface area contributed by atoms with Crippen LogP contribution in [0.2, 0.25) is 0 Å². The SMILES string of the molecule is CSCCC(NC(=O)/C(C#N)=C\NC(C)c1ccccc1)C(=O)O. The Bertz CT molecular complexity index is 626. The highest BCUT2D eigenvalue weighted by Crippen LogP contribution is 2.11. The Labute approximate surface area is 145 Å². The Morgan fingerprint density at radius 2 is 2.04 bits per heavy atom. The van der Waals surface area contributed by atoms with Gasteiger partial charge >= 0.3 is 5.97 Å². The summed E-state index contributed by atoms with van der Waals surface area (Å²) in [7, 11) is 0. The van der Waals surface area contributed by atoms with Gasteiger partial charge in [0.05, 0.1) is 0 Å². The first-order chi connectivity index (χ1) is 11.5. The van der Waals surface area contributed by atoms with Crippen LogP contribution in [0.15, 0.2) is 42.1 Å². The van der Waals surface area contributed by atoms with Crippen LogP contribution in [0.25, 0.3) is 0 Å². The summed E-state index contributed by atoms with van der Waals surface area (Å²) in [5, 5.41) is 23.6. The molecule has 24 heavy (non-hydrogen) atoms. The minimum atomic E-state index is -1.11. The van der Waals surface area contributed by atoms with Gasteiger partial charge in [-0.15, -0.1) is 0 Å². The highest BCUT2D eigenvalue weighted by atomic mass is 32.2. The van der Waals surface area contributed by atoms with Crippen LogP contribution in [0.5, 0.6) is 0 Å². The second-order valence-corrected chi connectivity index (χ2v) is 6.10. The van der Waals surface area contributed by atoms with Crippen LogP contribution < -0.4 is 10.6 Å². The Balaban J connectivity index is 2.71. The van der Waals surface area contributed by atoms with E-state index in [9.17, 15) is 9.59 Å². The molecule has 3 N–H and O–H groups in total. The van der Waals surface area contributed by atoms with E-state index in [-0.39, 0.29) is 11.6 Å². The second kappa shape index (κ2) is 10.3. The number of carboxylic acids is 1. The van der Waals surface area contributed by atoms with Gasteiger partial charge in [0.25, 0.3) is 5.91 Å². The first kappa shape index (κ1) is 19.6. The van der Waals surface area contributed by atoms with Crippen molar-refractivity contribution in [3.8, 4) is 6.07 Å². The molecule has 0 saturated carbocycles. The molecule has 0 aromatic heterocycles. The van der Waals surface area contributed by atoms with Gasteiger partial charge in [-0.1, -0.05) is 30.3 Å². The number of rotatable bonds is 9. The summed E-state index contributed by atoms with van der Waals surface area (Å²) >= 11 is 1.49. The van der Waals surface area contributed by atoms with E-state index in [4.69, 9.17) is 10.4 Å². The van der Waals surface area contributed by atoms with Crippen molar-refractivity contribution in [1.82, 2.24) is 10.6 Å². The zero-order chi connectivity index (χ0) is 17.9. The Kier molecular flexibility index (Phi) is 8.44. The Morgan fingerprint density at radius 3 is 2.58 bits per heavy atom. The number of hydrogen-bond acceptors (Lipinski definition) is 5. The summed E-state index contributed by atoms with van der Waals surface area (Å²) in [6, 6.07) is 10.3. The first-order valence-electron chi connectivity index (χ1n) is 7.43. The molecule has 0 bridgehead atoms. The van der Waals surface area contributed by atoms with Crippen LogP contribution in [-0.2, 0) is 9.59 Å². The number of nitriles is 1. The highest BCUT2D eigenvalue weighted by Gasteiger charge is 2.21. The number of benzene rings is 1. The van der Waals surface area contributed by atoms with Gasteiger partial charge in [0, 0.05) is 12.2 Å². The maximum atomic E-state index is 12.1. The Morgan fingerprint density at radius 1 is 1.38 bits per heavy atom. The summed E-state index contributed by atoms with van der Waals surface area (Å²) in [6.45, 7) is 1.90. The van der Waals surface area contributed by atoms with Crippen molar-refractivity contribution in [2.24, 2.45) is 0 Å². The Hall–Kier alpha value is -2.46. The monoisotopic (exact) mass is 347 g/mol. The molecule has 2 unspecified atom stereocenters. The van der Waals surface area contributed by atoms with Gasteiger partial charge in [0.1, 0.15) is 17.7 Å². The average molecular weight is 347 g/mol. The number of carbonyl (C=O) groups excluding carboxylic acids is 1. The number of nitrogens with one attached hydrogen (secondary N) is 2. The lowest BCUT2D eigenvalue weighted by atomic mass is 10.1. The molecular formula is C17H21N3O3S. The third-order valence-electron chi connectivity index (χ3n) is 3.36. The molecule has 0 radical (unpaired) electrons. The van der Waals surface area contributed by atoms with Crippen molar-refractivity contribution in [3.05, 3.63) is 47.7 Å². The van der Waals surface area contributed by atoms with Gasteiger partial charge in [0.15, 0.2) is 0 Å². The first-order valence-corrected chi connectivity index (χ1v) is 8.82. The van der Waals surface area contributed by atoms with Crippen LogP contribution in [-0.4, -0.2) is 35.0 Å². The highest BCUT2D eigenvalue weighted by molar-refractivity contribution is 7.98. The summed E-state index contributed by atoms with van der Waals surface area (Å²) in [5.74, 6) is -1.20. The van der Waals surface area contributed by atoms with Crippen molar-refractivity contribution in [1.29, 1.82) is 5.26 Å². The van der Waals surface area contributed by atoms with Crippen LogP contribution in [0.4, 0.5) is 0 Å². The van der Waals surface area contributed by atoms with Crippen molar-refractivity contribution >= 4 is 23.6 Å². The minimum Gasteiger partial charge on any atom is -0.480 e. The van der Waals surface area contributed by atoms with E-state index in [1.807, 2.05) is 43.5 Å².